The van der Waals surface area contributed by atoms with Crippen LogP contribution in [0.1, 0.15) is 77.0 Å². The van der Waals surface area contributed by atoms with Crippen LogP contribution in [-0.2, 0) is 9.59 Å². The molecule has 0 aromatic heterocycles. The van der Waals surface area contributed by atoms with Gasteiger partial charge in [0.1, 0.15) is 6.04 Å². The third-order valence-electron chi connectivity index (χ3n) is 4.81. The van der Waals surface area contributed by atoms with Crippen molar-refractivity contribution in [2.75, 3.05) is 13.1 Å². The summed E-state index contributed by atoms with van der Waals surface area (Å²) < 4.78 is 0. The van der Waals surface area contributed by atoms with Gasteiger partial charge in [-0.1, -0.05) is 62.7 Å². The van der Waals surface area contributed by atoms with Crippen molar-refractivity contribution in [3.63, 3.8) is 0 Å². The third kappa shape index (κ3) is 11.6. The molecule has 1 aromatic carbocycles. The third-order valence-corrected chi connectivity index (χ3v) is 5.55. The number of hydrogen-bond donors (Lipinski definition) is 2. The first-order chi connectivity index (χ1) is 14.3. The summed E-state index contributed by atoms with van der Waals surface area (Å²) in [6.07, 6.45) is 5.65. The predicted molar refractivity (Wildman–Crippen MR) is 121 cm³/mol. The van der Waals surface area contributed by atoms with Crippen molar-refractivity contribution in [2.24, 2.45) is 0 Å². The van der Waals surface area contributed by atoms with Crippen molar-refractivity contribution in [2.45, 2.75) is 71.3 Å². The van der Waals surface area contributed by atoms with Crippen molar-refractivity contribution in [1.29, 1.82) is 0 Å². The molecule has 6 nitrogen and oxygen atoms in total. The molecule has 0 heterocycles. The molecule has 2 amide bonds. The van der Waals surface area contributed by atoms with Crippen LogP contribution in [0.4, 0.5) is 0 Å². The topological polar surface area (TPSA) is 86.7 Å². The zero-order valence-corrected chi connectivity index (χ0v) is 22.3. The molecule has 0 fully saturated rings. The van der Waals surface area contributed by atoms with Gasteiger partial charge in [0.15, 0.2) is 0 Å². The summed E-state index contributed by atoms with van der Waals surface area (Å²) in [6, 6.07) is 3.54. The summed E-state index contributed by atoms with van der Waals surface area (Å²) in [5.41, 5.74) is 0.265. The van der Waals surface area contributed by atoms with Crippen molar-refractivity contribution in [3.05, 3.63) is 33.8 Å². The van der Waals surface area contributed by atoms with Crippen LogP contribution in [0.25, 0.3) is 0 Å². The van der Waals surface area contributed by atoms with Crippen LogP contribution >= 0.6 is 23.2 Å². The van der Waals surface area contributed by atoms with Gasteiger partial charge in [0.25, 0.3) is 5.91 Å². The van der Waals surface area contributed by atoms with E-state index in [4.69, 9.17) is 28.3 Å². The first-order valence-corrected chi connectivity index (χ1v) is 11.3. The smallest absolute Gasteiger partial charge is 1.00 e. The average Bonchev–Trinajstić information content (AvgIpc) is 2.71. The van der Waals surface area contributed by atoms with E-state index in [2.05, 4.69) is 19.2 Å². The molecule has 170 valence electrons. The van der Waals surface area contributed by atoms with Crippen molar-refractivity contribution >= 4 is 41.0 Å². The number of rotatable bonds is 14. The molecule has 0 bridgehead atoms. The molecule has 1 rings (SSSR count). The van der Waals surface area contributed by atoms with Crippen LogP contribution in [-0.4, -0.2) is 46.9 Å². The standard InChI is InChI=1S/C22H32Cl2N2O4.Na.H/c1-3-5-7-13-26(14-8-6-4-2)22(30)19(11-12-20(27)28)25-21(29)16-9-10-17(23)18(24)15-16;;/h9-10,15,19H,3-8,11-14H2,1-2H3,(H,25,29)(H,27,28);;/q;+1;-1. The second kappa shape index (κ2) is 16.8. The summed E-state index contributed by atoms with van der Waals surface area (Å²) in [5, 5.41) is 12.3. The van der Waals surface area contributed by atoms with Crippen LogP contribution in [0.15, 0.2) is 18.2 Å². The van der Waals surface area contributed by atoms with E-state index < -0.39 is 17.9 Å². The maximum absolute atomic E-state index is 13.2. The molecule has 1 atom stereocenters. The Bertz CT molecular complexity index is 715. The number of unbranched alkanes of at least 4 members (excludes halogenated alkanes) is 4. The molecule has 2 N–H and O–H groups in total. The summed E-state index contributed by atoms with van der Waals surface area (Å²) in [6.45, 7) is 5.39. The molecule has 1 unspecified atom stereocenters. The van der Waals surface area contributed by atoms with E-state index in [-0.39, 0.29) is 60.3 Å². The number of carboxylic acid groups (broad SMARTS) is 1. The number of nitrogens with zero attached hydrogens (tertiary/aromatic N) is 1. The zero-order chi connectivity index (χ0) is 22.5. The number of carbonyl (C=O) groups excluding carboxylic acids is 2. The fourth-order valence-electron chi connectivity index (χ4n) is 3.06. The van der Waals surface area contributed by atoms with Crippen LogP contribution in [0, 0.1) is 0 Å². The molecule has 0 aliphatic carbocycles. The number of carboxylic acids is 1. The SMILES string of the molecule is CCCCCN(CCCCC)C(=O)C(CCC(=O)O)NC(=O)c1ccc(Cl)c(Cl)c1.[H-].[Na+]. The van der Waals surface area contributed by atoms with E-state index in [1.165, 1.54) is 18.2 Å². The van der Waals surface area contributed by atoms with Crippen LogP contribution < -0.4 is 34.9 Å². The van der Waals surface area contributed by atoms with Gasteiger partial charge < -0.3 is 16.7 Å². The van der Waals surface area contributed by atoms with E-state index in [9.17, 15) is 14.4 Å². The normalized spacial score (nSPS) is 11.4. The monoisotopic (exact) mass is 482 g/mol. The van der Waals surface area contributed by atoms with E-state index in [1.807, 2.05) is 0 Å². The van der Waals surface area contributed by atoms with Gasteiger partial charge in [-0.25, -0.2) is 0 Å². The molecule has 31 heavy (non-hydrogen) atoms. The second-order valence-corrected chi connectivity index (χ2v) is 8.14. The molecule has 9 heteroatoms. The minimum atomic E-state index is -1.01. The fourth-order valence-corrected chi connectivity index (χ4v) is 3.36. The minimum absolute atomic E-state index is 0. The van der Waals surface area contributed by atoms with Gasteiger partial charge in [0, 0.05) is 25.1 Å². The van der Waals surface area contributed by atoms with Crippen molar-refractivity contribution in [3.8, 4) is 0 Å². The van der Waals surface area contributed by atoms with Crippen LogP contribution in [0.5, 0.6) is 0 Å². The summed E-state index contributed by atoms with van der Waals surface area (Å²) in [5.74, 6) is -1.74. The minimum Gasteiger partial charge on any atom is -1.00 e. The van der Waals surface area contributed by atoms with E-state index in [0.717, 1.165) is 38.5 Å². The van der Waals surface area contributed by atoms with E-state index in [1.54, 1.807) is 4.90 Å². The summed E-state index contributed by atoms with van der Waals surface area (Å²) in [7, 11) is 0. The van der Waals surface area contributed by atoms with Crippen LogP contribution in [0.2, 0.25) is 10.0 Å². The van der Waals surface area contributed by atoms with E-state index >= 15 is 0 Å². The Hall–Kier alpha value is -0.790. The van der Waals surface area contributed by atoms with Gasteiger partial charge in [0.2, 0.25) is 5.91 Å². The Morgan fingerprint density at radius 2 is 1.61 bits per heavy atom. The Morgan fingerprint density at radius 1 is 1.03 bits per heavy atom. The van der Waals surface area contributed by atoms with Gasteiger partial charge in [-0.05, 0) is 37.5 Å². The fraction of sp³-hybridized carbons (Fsp3) is 0.591. The zero-order valence-electron chi connectivity index (χ0n) is 19.8. The van der Waals surface area contributed by atoms with Gasteiger partial charge in [-0.15, -0.1) is 0 Å². The van der Waals surface area contributed by atoms with E-state index in [0.29, 0.717) is 18.1 Å². The molecule has 1 aromatic rings. The Morgan fingerprint density at radius 3 is 2.10 bits per heavy atom. The molecule has 0 aliphatic rings. The molecule has 0 spiro atoms. The number of halogens is 2. The van der Waals surface area contributed by atoms with Gasteiger partial charge in [-0.2, -0.15) is 0 Å². The van der Waals surface area contributed by atoms with Gasteiger partial charge in [0.05, 0.1) is 10.0 Å². The summed E-state index contributed by atoms with van der Waals surface area (Å²) >= 11 is 11.9. The maximum Gasteiger partial charge on any atom is 1.00 e. The Labute approximate surface area is 218 Å². The predicted octanol–water partition coefficient (Wildman–Crippen LogP) is 2.28. The Balaban J connectivity index is 0. The maximum atomic E-state index is 13.2. The second-order valence-electron chi connectivity index (χ2n) is 7.33. The number of nitrogens with one attached hydrogen (secondary N) is 1. The molecule has 0 radical (unpaired) electrons. The largest absolute Gasteiger partial charge is 1.00 e. The molecular weight excluding hydrogens is 450 g/mol. The number of carbonyl (C=O) groups is 3. The number of amides is 2. The molecule has 0 saturated carbocycles. The number of benzene rings is 1. The van der Waals surface area contributed by atoms with Gasteiger partial charge in [-0.3, -0.25) is 14.4 Å². The summed E-state index contributed by atoms with van der Waals surface area (Å²) in [4.78, 5) is 38.7. The Kier molecular flexibility index (Phi) is 16.4. The first-order valence-electron chi connectivity index (χ1n) is 10.6. The van der Waals surface area contributed by atoms with Gasteiger partial charge >= 0.3 is 35.5 Å². The average molecular weight is 483 g/mol. The molecule has 0 saturated heterocycles. The number of aliphatic carboxylic acids is 1. The van der Waals surface area contributed by atoms with Crippen molar-refractivity contribution < 1.29 is 50.5 Å². The van der Waals surface area contributed by atoms with Crippen molar-refractivity contribution in [1.82, 2.24) is 10.2 Å². The number of hydrogen-bond acceptors (Lipinski definition) is 3. The quantitative estimate of drug-likeness (QED) is 0.314. The first kappa shape index (κ1) is 30.2. The molecule has 0 aliphatic heterocycles. The molecular formula is C22H33Cl2N2NaO4. The van der Waals surface area contributed by atoms with Crippen LogP contribution in [0.3, 0.4) is 0 Å².